The molecule has 3 nitrogen and oxygen atoms in total. The Kier molecular flexibility index (Phi) is 4.14. The maximum atomic E-state index is 13.3. The Morgan fingerprint density at radius 2 is 1.90 bits per heavy atom. The summed E-state index contributed by atoms with van der Waals surface area (Å²) in [5, 5.41) is 2.45. The second kappa shape index (κ2) is 5.43. The van der Waals surface area contributed by atoms with Crippen LogP contribution in [0, 0.1) is 0 Å². The Hall–Kier alpha value is -1.38. The highest BCUT2D eigenvalue weighted by atomic mass is 79.9. The lowest BCUT2D eigenvalue weighted by Gasteiger charge is -2.25. The van der Waals surface area contributed by atoms with Gasteiger partial charge in [0, 0.05) is 0 Å². The van der Waals surface area contributed by atoms with Gasteiger partial charge in [0.05, 0.1) is 12.1 Å². The average Bonchev–Trinajstić information content (AvgIpc) is 2.58. The smallest absolute Gasteiger partial charge is 0.454 e. The minimum absolute atomic E-state index is 0.0765. The van der Waals surface area contributed by atoms with Gasteiger partial charge in [0.15, 0.2) is 0 Å². The van der Waals surface area contributed by atoms with Gasteiger partial charge in [0.2, 0.25) is 0 Å². The van der Waals surface area contributed by atoms with E-state index in [1.807, 2.05) is 0 Å². The Balaban J connectivity index is 2.40. The first-order chi connectivity index (χ1) is 9.64. The van der Waals surface area contributed by atoms with Gasteiger partial charge in [0.1, 0.15) is 17.2 Å². The van der Waals surface area contributed by atoms with Gasteiger partial charge in [-0.25, -0.2) is 0 Å². The molecule has 1 amide bonds. The van der Waals surface area contributed by atoms with Crippen LogP contribution in [-0.4, -0.2) is 31.2 Å². The molecule has 21 heavy (non-hydrogen) atoms. The highest BCUT2D eigenvalue weighted by molar-refractivity contribution is 9.09. The maximum absolute atomic E-state index is 13.3. The number of fused-ring (bicyclic) bond motifs is 1. The Labute approximate surface area is 124 Å². The maximum Gasteiger partial charge on any atom is 0.454 e. The zero-order valence-corrected chi connectivity index (χ0v) is 11.9. The third-order valence-corrected chi connectivity index (χ3v) is 3.99. The number of carbonyl (C=O) groups is 1. The van der Waals surface area contributed by atoms with Crippen molar-refractivity contribution < 1.29 is 31.5 Å². The van der Waals surface area contributed by atoms with Crippen molar-refractivity contribution >= 4 is 21.8 Å². The van der Waals surface area contributed by atoms with Gasteiger partial charge in [0.25, 0.3) is 5.91 Å². The zero-order chi connectivity index (χ0) is 15.8. The number of amides is 1. The van der Waals surface area contributed by atoms with Crippen molar-refractivity contribution in [3.8, 4) is 5.75 Å². The Bertz CT molecular complexity index is 561. The van der Waals surface area contributed by atoms with Gasteiger partial charge in [-0.15, -0.1) is 0 Å². The summed E-state index contributed by atoms with van der Waals surface area (Å²) in [4.78, 5) is 9.41. The van der Waals surface area contributed by atoms with E-state index in [1.165, 1.54) is 6.07 Å². The number of rotatable bonds is 2. The molecule has 1 aromatic carbocycles. The fraction of sp³-hybridized carbons (Fsp3) is 0.417. The van der Waals surface area contributed by atoms with Crippen molar-refractivity contribution in [2.24, 2.45) is 0 Å². The first-order valence-corrected chi connectivity index (χ1v) is 6.69. The van der Waals surface area contributed by atoms with E-state index in [0.29, 0.717) is 0 Å². The molecule has 2 rings (SSSR count). The van der Waals surface area contributed by atoms with Crippen LogP contribution in [0.5, 0.6) is 5.75 Å². The molecule has 1 unspecified atom stereocenters. The summed E-state index contributed by atoms with van der Waals surface area (Å²) in [6, 6.07) is 3.24. The van der Waals surface area contributed by atoms with Crippen LogP contribution >= 0.6 is 15.9 Å². The summed E-state index contributed by atoms with van der Waals surface area (Å²) in [5.74, 6) is -5.41. The van der Waals surface area contributed by atoms with Crippen LogP contribution in [0.2, 0.25) is 0 Å². The molecule has 1 aromatic rings. The molecule has 0 radical (unpaired) electrons. The van der Waals surface area contributed by atoms with Gasteiger partial charge in [-0.3, -0.25) is 4.79 Å². The van der Waals surface area contributed by atoms with Crippen LogP contribution in [-0.2, 0) is 0 Å². The van der Waals surface area contributed by atoms with Gasteiger partial charge in [-0.2, -0.15) is 22.0 Å². The topological polar surface area (TPSA) is 38.3 Å². The van der Waals surface area contributed by atoms with Crippen LogP contribution in [0.3, 0.4) is 0 Å². The number of hydrogen-bond acceptors (Lipinski definition) is 2. The summed E-state index contributed by atoms with van der Waals surface area (Å²) in [6.07, 6.45) is -5.70. The van der Waals surface area contributed by atoms with Crippen molar-refractivity contribution in [1.82, 2.24) is 5.32 Å². The molecule has 0 spiro atoms. The summed E-state index contributed by atoms with van der Waals surface area (Å²) >= 11 is 2.37. The van der Waals surface area contributed by atoms with E-state index in [1.54, 1.807) is 0 Å². The van der Waals surface area contributed by atoms with Crippen molar-refractivity contribution in [3.63, 3.8) is 0 Å². The Morgan fingerprint density at radius 3 is 2.52 bits per heavy atom. The first-order valence-electron chi connectivity index (χ1n) is 5.78. The van der Waals surface area contributed by atoms with Crippen LogP contribution < -0.4 is 10.1 Å². The van der Waals surface area contributed by atoms with E-state index in [-0.39, 0.29) is 30.0 Å². The van der Waals surface area contributed by atoms with Crippen molar-refractivity contribution in [2.45, 2.75) is 16.9 Å². The van der Waals surface area contributed by atoms with Gasteiger partial charge in [-0.05, 0) is 17.7 Å². The second-order valence-corrected chi connectivity index (χ2v) is 5.26. The number of carbonyl (C=O) groups excluding carboxylic acids is 1. The number of alkyl halides is 6. The fourth-order valence-corrected chi connectivity index (χ4v) is 2.33. The lowest BCUT2D eigenvalue weighted by molar-refractivity contribution is -0.281. The largest absolute Gasteiger partial charge is 0.491 e. The number of nitrogens with one attached hydrogen (secondary N) is 1. The first kappa shape index (κ1) is 16.0. The molecule has 0 aromatic heterocycles. The molecule has 0 saturated carbocycles. The second-order valence-electron chi connectivity index (χ2n) is 4.34. The van der Waals surface area contributed by atoms with Gasteiger partial charge < -0.3 is 10.1 Å². The van der Waals surface area contributed by atoms with E-state index in [4.69, 9.17) is 4.74 Å². The number of ether oxygens (including phenoxy) is 1. The molecular weight excluding hydrogens is 365 g/mol. The summed E-state index contributed by atoms with van der Waals surface area (Å²) in [6.45, 7) is 0.411. The molecule has 0 fully saturated rings. The average molecular weight is 374 g/mol. The van der Waals surface area contributed by atoms with E-state index in [2.05, 4.69) is 21.2 Å². The molecule has 0 bridgehead atoms. The number of hydrogen-bond donors (Lipinski definition) is 1. The normalized spacial score (nSPS) is 17.3. The summed E-state index contributed by atoms with van der Waals surface area (Å²) in [7, 11) is 0. The van der Waals surface area contributed by atoms with Crippen LogP contribution in [0.25, 0.3) is 0 Å². The Morgan fingerprint density at radius 1 is 1.24 bits per heavy atom. The molecule has 1 aliphatic heterocycles. The minimum Gasteiger partial charge on any atom is -0.491 e. The van der Waals surface area contributed by atoms with Crippen molar-refractivity contribution in [1.29, 1.82) is 0 Å². The minimum atomic E-state index is -5.70. The third kappa shape index (κ3) is 2.97. The van der Waals surface area contributed by atoms with Gasteiger partial charge in [-0.1, -0.05) is 22.0 Å². The van der Waals surface area contributed by atoms with Crippen LogP contribution in [0.1, 0.15) is 20.7 Å². The number of halogens is 6. The molecule has 0 saturated heterocycles. The van der Waals surface area contributed by atoms with E-state index < -0.39 is 22.8 Å². The molecule has 1 heterocycles. The zero-order valence-electron chi connectivity index (χ0n) is 10.3. The standard InChI is InChI=1S/C12H9BrF5NO2/c13-9(11(14,15)12(16,17)18)6-1-2-8-7(5-6)10(20)19-3-4-21-8/h1-2,5,9H,3-4H2,(H,19,20). The summed E-state index contributed by atoms with van der Waals surface area (Å²) < 4.78 is 68.9. The van der Waals surface area contributed by atoms with Crippen LogP contribution in [0.4, 0.5) is 22.0 Å². The third-order valence-electron chi connectivity index (χ3n) is 2.88. The summed E-state index contributed by atoms with van der Waals surface area (Å²) in [5.41, 5.74) is -0.441. The molecule has 1 N–H and O–H groups in total. The molecule has 1 aliphatic rings. The SMILES string of the molecule is O=C1NCCOc2ccc(C(Br)C(F)(F)C(F)(F)F)cc21. The molecule has 116 valence electrons. The highest BCUT2D eigenvalue weighted by Crippen LogP contribution is 2.49. The van der Waals surface area contributed by atoms with E-state index >= 15 is 0 Å². The monoisotopic (exact) mass is 373 g/mol. The van der Waals surface area contributed by atoms with Crippen molar-refractivity contribution in [3.05, 3.63) is 29.3 Å². The van der Waals surface area contributed by atoms with E-state index in [9.17, 15) is 26.7 Å². The predicted octanol–water partition coefficient (Wildman–Crippen LogP) is 3.44. The fourth-order valence-electron chi connectivity index (χ4n) is 1.78. The highest BCUT2D eigenvalue weighted by Gasteiger charge is 2.62. The van der Waals surface area contributed by atoms with Gasteiger partial charge >= 0.3 is 12.1 Å². The predicted molar refractivity (Wildman–Crippen MR) is 66.9 cm³/mol. The van der Waals surface area contributed by atoms with Crippen molar-refractivity contribution in [2.75, 3.05) is 13.2 Å². The molecular formula is C12H9BrF5NO2. The quantitative estimate of drug-likeness (QED) is 0.636. The van der Waals surface area contributed by atoms with Crippen LogP contribution in [0.15, 0.2) is 18.2 Å². The lowest BCUT2D eigenvalue weighted by atomic mass is 10.0. The molecule has 0 aliphatic carbocycles. The number of benzene rings is 1. The molecule has 9 heteroatoms. The lowest BCUT2D eigenvalue weighted by Crippen LogP contribution is -2.40. The molecule has 1 atom stereocenters. The van der Waals surface area contributed by atoms with E-state index in [0.717, 1.165) is 12.1 Å².